The Bertz CT molecular complexity index is 396. The smallest absolute Gasteiger partial charge is 0.0900 e. The molecule has 2 rings (SSSR count). The molecule has 0 saturated carbocycles. The van der Waals surface area contributed by atoms with E-state index in [1.165, 1.54) is 5.56 Å². The maximum Gasteiger partial charge on any atom is 0.0900 e. The number of benzene rings is 1. The first kappa shape index (κ1) is 21.6. The topological polar surface area (TPSA) is 35.9 Å². The van der Waals surface area contributed by atoms with Crippen molar-refractivity contribution in [2.24, 2.45) is 0 Å². The summed E-state index contributed by atoms with van der Waals surface area (Å²) in [6.07, 6.45) is -0.399. The molecular formula is C16H28Cl2N2O2. The van der Waals surface area contributed by atoms with Gasteiger partial charge in [0.1, 0.15) is 0 Å². The summed E-state index contributed by atoms with van der Waals surface area (Å²) >= 11 is 0. The molecule has 1 unspecified atom stereocenters. The van der Waals surface area contributed by atoms with Crippen molar-refractivity contribution in [3.05, 3.63) is 35.4 Å². The monoisotopic (exact) mass is 350 g/mol. The van der Waals surface area contributed by atoms with Crippen LogP contribution < -0.4 is 0 Å². The van der Waals surface area contributed by atoms with Crippen molar-refractivity contribution in [1.82, 2.24) is 9.80 Å². The van der Waals surface area contributed by atoms with E-state index in [1.807, 2.05) is 0 Å². The van der Waals surface area contributed by atoms with Crippen molar-refractivity contribution in [2.75, 3.05) is 46.4 Å². The van der Waals surface area contributed by atoms with Crippen molar-refractivity contribution in [1.29, 1.82) is 0 Å². The van der Waals surface area contributed by atoms with E-state index in [0.29, 0.717) is 19.8 Å². The van der Waals surface area contributed by atoms with Crippen molar-refractivity contribution < 1.29 is 9.84 Å². The molecule has 0 aliphatic carbocycles. The van der Waals surface area contributed by atoms with Gasteiger partial charge < -0.3 is 14.7 Å². The van der Waals surface area contributed by atoms with E-state index in [4.69, 9.17) is 4.74 Å². The third-order valence-electron chi connectivity index (χ3n) is 3.76. The summed E-state index contributed by atoms with van der Waals surface area (Å²) in [5.74, 6) is 0. The highest BCUT2D eigenvalue weighted by molar-refractivity contribution is 5.85. The van der Waals surface area contributed by atoms with Crippen molar-refractivity contribution in [3.8, 4) is 0 Å². The van der Waals surface area contributed by atoms with Gasteiger partial charge in [0.25, 0.3) is 0 Å². The van der Waals surface area contributed by atoms with Gasteiger partial charge in [-0.1, -0.05) is 29.8 Å². The molecule has 0 bridgehead atoms. The molecule has 1 aromatic carbocycles. The van der Waals surface area contributed by atoms with Gasteiger partial charge in [-0.25, -0.2) is 0 Å². The molecule has 0 spiro atoms. The summed E-state index contributed by atoms with van der Waals surface area (Å²) in [6.45, 7) is 7.98. The Labute approximate surface area is 146 Å². The highest BCUT2D eigenvalue weighted by atomic mass is 35.5. The molecule has 1 aromatic rings. The maximum atomic E-state index is 10.0. The molecule has 6 heteroatoms. The Morgan fingerprint density at radius 3 is 2.27 bits per heavy atom. The molecule has 1 aliphatic rings. The number of ether oxygens (including phenoxy) is 1. The van der Waals surface area contributed by atoms with E-state index in [2.05, 4.69) is 48.0 Å². The van der Waals surface area contributed by atoms with Gasteiger partial charge >= 0.3 is 0 Å². The average Bonchev–Trinajstić information content (AvgIpc) is 2.44. The van der Waals surface area contributed by atoms with Gasteiger partial charge in [-0.2, -0.15) is 0 Å². The third kappa shape index (κ3) is 7.77. The SMILES string of the molecule is Cc1ccc(COCC(O)CN2CCN(C)CC2)cc1.Cl.Cl. The van der Waals surface area contributed by atoms with Gasteiger partial charge in [0, 0.05) is 32.7 Å². The maximum absolute atomic E-state index is 10.0. The first-order valence-electron chi connectivity index (χ1n) is 7.36. The Kier molecular flexibility index (Phi) is 11.0. The molecule has 1 N–H and O–H groups in total. The zero-order chi connectivity index (χ0) is 14.4. The summed E-state index contributed by atoms with van der Waals surface area (Å²) in [4.78, 5) is 4.62. The second-order valence-electron chi connectivity index (χ2n) is 5.76. The third-order valence-corrected chi connectivity index (χ3v) is 3.76. The van der Waals surface area contributed by atoms with E-state index in [-0.39, 0.29) is 24.8 Å². The van der Waals surface area contributed by atoms with Crippen LogP contribution in [0.25, 0.3) is 0 Å². The Balaban J connectivity index is 0.00000220. The fraction of sp³-hybridized carbons (Fsp3) is 0.625. The highest BCUT2D eigenvalue weighted by Crippen LogP contribution is 2.06. The molecule has 1 heterocycles. The quantitative estimate of drug-likeness (QED) is 0.850. The van der Waals surface area contributed by atoms with Gasteiger partial charge in [0.2, 0.25) is 0 Å². The van der Waals surface area contributed by atoms with Crippen LogP contribution in [0.15, 0.2) is 24.3 Å². The van der Waals surface area contributed by atoms with Crippen LogP contribution in [-0.2, 0) is 11.3 Å². The lowest BCUT2D eigenvalue weighted by Crippen LogP contribution is -2.47. The number of likely N-dealkylation sites (N-methyl/N-ethyl adjacent to an activating group) is 1. The van der Waals surface area contributed by atoms with Crippen LogP contribution in [0.2, 0.25) is 0 Å². The number of piperazine rings is 1. The zero-order valence-corrected chi connectivity index (χ0v) is 15.0. The number of aryl methyl sites for hydroxylation is 1. The van der Waals surface area contributed by atoms with E-state index in [0.717, 1.165) is 31.7 Å². The molecular weight excluding hydrogens is 323 g/mol. The average molecular weight is 351 g/mol. The fourth-order valence-corrected chi connectivity index (χ4v) is 2.38. The number of aliphatic hydroxyl groups is 1. The summed E-state index contributed by atoms with van der Waals surface area (Å²) in [7, 11) is 2.14. The number of halogens is 2. The van der Waals surface area contributed by atoms with Gasteiger partial charge in [0.15, 0.2) is 0 Å². The van der Waals surface area contributed by atoms with Crippen LogP contribution in [0.3, 0.4) is 0 Å². The molecule has 1 aliphatic heterocycles. The highest BCUT2D eigenvalue weighted by Gasteiger charge is 2.16. The molecule has 22 heavy (non-hydrogen) atoms. The first-order valence-corrected chi connectivity index (χ1v) is 7.36. The molecule has 4 nitrogen and oxygen atoms in total. The van der Waals surface area contributed by atoms with Gasteiger partial charge in [-0.3, -0.25) is 4.90 Å². The van der Waals surface area contributed by atoms with Crippen LogP contribution >= 0.6 is 24.8 Å². The Hall–Kier alpha value is -0.360. The number of nitrogens with zero attached hydrogens (tertiary/aromatic N) is 2. The number of aliphatic hydroxyl groups excluding tert-OH is 1. The van der Waals surface area contributed by atoms with E-state index >= 15 is 0 Å². The standard InChI is InChI=1S/C16H26N2O2.2ClH/c1-14-3-5-15(6-4-14)12-20-13-16(19)11-18-9-7-17(2)8-10-18;;/h3-6,16,19H,7-13H2,1-2H3;2*1H. The molecule has 1 atom stereocenters. The van der Waals surface area contributed by atoms with Gasteiger partial charge in [-0.05, 0) is 19.5 Å². The van der Waals surface area contributed by atoms with E-state index < -0.39 is 6.10 Å². The summed E-state index contributed by atoms with van der Waals surface area (Å²) in [5.41, 5.74) is 2.41. The number of hydrogen-bond acceptors (Lipinski definition) is 4. The van der Waals surface area contributed by atoms with Gasteiger partial charge in [0.05, 0.1) is 19.3 Å². The summed E-state index contributed by atoms with van der Waals surface area (Å²) in [6, 6.07) is 8.31. The molecule has 0 radical (unpaired) electrons. The van der Waals surface area contributed by atoms with Crippen LogP contribution in [-0.4, -0.2) is 67.4 Å². The normalized spacial score (nSPS) is 17.4. The van der Waals surface area contributed by atoms with Crippen LogP contribution in [0.4, 0.5) is 0 Å². The minimum absolute atomic E-state index is 0. The minimum atomic E-state index is -0.399. The first-order chi connectivity index (χ1) is 9.63. The minimum Gasteiger partial charge on any atom is -0.389 e. The lowest BCUT2D eigenvalue weighted by atomic mass is 10.2. The molecule has 0 aromatic heterocycles. The number of β-amino-alcohol motifs (C(OH)–C–C–N with tert-alkyl or cyclic N) is 1. The number of hydrogen-bond donors (Lipinski definition) is 1. The second kappa shape index (κ2) is 11.2. The predicted octanol–water partition coefficient (Wildman–Crippen LogP) is 1.96. The van der Waals surface area contributed by atoms with Crippen LogP contribution in [0, 0.1) is 6.92 Å². The van der Waals surface area contributed by atoms with Crippen LogP contribution in [0.5, 0.6) is 0 Å². The molecule has 128 valence electrons. The van der Waals surface area contributed by atoms with Crippen molar-refractivity contribution >= 4 is 24.8 Å². The lowest BCUT2D eigenvalue weighted by Gasteiger charge is -2.33. The molecule has 1 saturated heterocycles. The largest absolute Gasteiger partial charge is 0.389 e. The van der Waals surface area contributed by atoms with Crippen molar-refractivity contribution in [3.63, 3.8) is 0 Å². The second-order valence-corrected chi connectivity index (χ2v) is 5.76. The molecule has 0 amide bonds. The number of rotatable bonds is 6. The zero-order valence-electron chi connectivity index (χ0n) is 13.4. The fourth-order valence-electron chi connectivity index (χ4n) is 2.38. The lowest BCUT2D eigenvalue weighted by molar-refractivity contribution is 0.00296. The Morgan fingerprint density at radius 2 is 1.68 bits per heavy atom. The summed E-state index contributed by atoms with van der Waals surface area (Å²) < 4.78 is 5.60. The summed E-state index contributed by atoms with van der Waals surface area (Å²) in [5, 5.41) is 10.0. The predicted molar refractivity (Wildman–Crippen MR) is 95.3 cm³/mol. The van der Waals surface area contributed by atoms with E-state index in [9.17, 15) is 5.11 Å². The van der Waals surface area contributed by atoms with Crippen LogP contribution in [0.1, 0.15) is 11.1 Å². The van der Waals surface area contributed by atoms with E-state index in [1.54, 1.807) is 0 Å². The van der Waals surface area contributed by atoms with Gasteiger partial charge in [-0.15, -0.1) is 24.8 Å². The molecule has 1 fully saturated rings. The Morgan fingerprint density at radius 1 is 1.09 bits per heavy atom. The van der Waals surface area contributed by atoms with Crippen molar-refractivity contribution in [2.45, 2.75) is 19.6 Å².